The third-order valence-electron chi connectivity index (χ3n) is 5.06. The molecule has 0 spiro atoms. The van der Waals surface area contributed by atoms with Gasteiger partial charge in [0, 0.05) is 11.9 Å². The number of alkyl halides is 3. The van der Waals surface area contributed by atoms with Crippen LogP contribution in [0, 0.1) is 0 Å². The summed E-state index contributed by atoms with van der Waals surface area (Å²) >= 11 is 0. The highest BCUT2D eigenvalue weighted by Gasteiger charge is 2.57. The van der Waals surface area contributed by atoms with E-state index in [2.05, 4.69) is 11.9 Å². The van der Waals surface area contributed by atoms with Crippen molar-refractivity contribution < 1.29 is 17.9 Å². The van der Waals surface area contributed by atoms with E-state index in [4.69, 9.17) is 4.74 Å². The predicted octanol–water partition coefficient (Wildman–Crippen LogP) is 6.10. The molecule has 2 aliphatic rings. The molecule has 3 nitrogen and oxygen atoms in total. The van der Waals surface area contributed by atoms with Gasteiger partial charge in [0.2, 0.25) is 5.54 Å². The molecule has 2 heterocycles. The van der Waals surface area contributed by atoms with E-state index >= 15 is 0 Å². The second-order valence-corrected chi connectivity index (χ2v) is 6.98. The summed E-state index contributed by atoms with van der Waals surface area (Å²) in [5.74, 6) is 0.819. The first-order valence-electron chi connectivity index (χ1n) is 9.58. The van der Waals surface area contributed by atoms with Gasteiger partial charge in [-0.05, 0) is 48.8 Å². The smallest absolute Gasteiger partial charge is 0.421 e. The van der Waals surface area contributed by atoms with E-state index in [9.17, 15) is 13.2 Å². The van der Waals surface area contributed by atoms with Gasteiger partial charge in [-0.15, -0.1) is 0 Å². The Labute approximate surface area is 163 Å². The fraction of sp³-hybridized carbons (Fsp3) is 0.409. The van der Waals surface area contributed by atoms with Crippen molar-refractivity contribution in [1.82, 2.24) is 4.90 Å². The lowest BCUT2D eigenvalue weighted by Gasteiger charge is -2.39. The molecule has 1 atom stereocenters. The summed E-state index contributed by atoms with van der Waals surface area (Å²) < 4.78 is 48.3. The Hall–Kier alpha value is -2.50. The standard InChI is InChI=1S/C22H25F3N2O/c1-3-4-5-6-9-18-16-21(22(23,24)25,17-11-13-19(28-2)14-12-17)26-20-10-7-8-15-27(18)20/h7-8,10-16H,3-6,9H2,1-2H3. The van der Waals surface area contributed by atoms with E-state index in [0.717, 1.165) is 25.7 Å². The minimum atomic E-state index is -4.57. The maximum atomic E-state index is 14.4. The molecule has 0 aromatic heterocycles. The van der Waals surface area contributed by atoms with Gasteiger partial charge in [-0.2, -0.15) is 13.2 Å². The first-order valence-corrected chi connectivity index (χ1v) is 9.58. The number of hydrogen-bond acceptors (Lipinski definition) is 3. The molecule has 0 amide bonds. The number of ether oxygens (including phenoxy) is 1. The van der Waals surface area contributed by atoms with Gasteiger partial charge < -0.3 is 9.64 Å². The zero-order valence-electron chi connectivity index (χ0n) is 16.2. The molecule has 0 aliphatic carbocycles. The molecule has 3 rings (SSSR count). The van der Waals surface area contributed by atoms with Crippen LogP contribution in [0.4, 0.5) is 13.2 Å². The van der Waals surface area contributed by atoms with Crippen LogP contribution < -0.4 is 4.74 Å². The number of allylic oxidation sites excluding steroid dienone is 3. The molecule has 6 heteroatoms. The summed E-state index contributed by atoms with van der Waals surface area (Å²) in [5.41, 5.74) is -1.68. The molecule has 0 radical (unpaired) electrons. The number of aliphatic imine (C=N–C) groups is 1. The largest absolute Gasteiger partial charge is 0.497 e. The second kappa shape index (κ2) is 8.25. The highest BCUT2D eigenvalue weighted by Crippen LogP contribution is 2.47. The minimum absolute atomic E-state index is 0.0851. The van der Waals surface area contributed by atoms with Crippen LogP contribution >= 0.6 is 0 Å². The fourth-order valence-electron chi connectivity index (χ4n) is 3.52. The molecular formula is C22H25F3N2O. The molecule has 150 valence electrons. The van der Waals surface area contributed by atoms with E-state index < -0.39 is 11.7 Å². The molecule has 0 saturated carbocycles. The summed E-state index contributed by atoms with van der Waals surface area (Å²) in [6, 6.07) is 5.97. The number of hydrogen-bond donors (Lipinski definition) is 0. The van der Waals surface area contributed by atoms with E-state index in [1.807, 2.05) is 6.08 Å². The number of benzene rings is 1. The van der Waals surface area contributed by atoms with E-state index in [-0.39, 0.29) is 5.56 Å². The van der Waals surface area contributed by atoms with Crippen LogP contribution in [0.1, 0.15) is 44.6 Å². The van der Waals surface area contributed by atoms with Crippen molar-refractivity contribution in [3.63, 3.8) is 0 Å². The van der Waals surface area contributed by atoms with Gasteiger partial charge in [0.15, 0.2) is 0 Å². The lowest BCUT2D eigenvalue weighted by molar-refractivity contribution is -0.174. The van der Waals surface area contributed by atoms with Crippen LogP contribution in [-0.2, 0) is 5.54 Å². The number of methoxy groups -OCH3 is 1. The second-order valence-electron chi connectivity index (χ2n) is 6.98. The molecule has 1 aromatic carbocycles. The Morgan fingerprint density at radius 2 is 1.82 bits per heavy atom. The lowest BCUT2D eigenvalue weighted by atomic mass is 9.86. The van der Waals surface area contributed by atoms with Gasteiger partial charge in [-0.3, -0.25) is 0 Å². The monoisotopic (exact) mass is 390 g/mol. The van der Waals surface area contributed by atoms with Crippen LogP contribution in [0.5, 0.6) is 5.75 Å². The Bertz CT molecular complexity index is 806. The summed E-state index contributed by atoms with van der Waals surface area (Å²) in [6.07, 6.45) is 8.22. The zero-order chi connectivity index (χ0) is 20.2. The summed E-state index contributed by atoms with van der Waals surface area (Å²) in [7, 11) is 1.49. The fourth-order valence-corrected chi connectivity index (χ4v) is 3.52. The molecular weight excluding hydrogens is 365 g/mol. The number of halogens is 3. The number of rotatable bonds is 7. The van der Waals surface area contributed by atoms with Gasteiger partial charge in [0.25, 0.3) is 0 Å². The number of fused-ring (bicyclic) bond motifs is 1. The molecule has 1 unspecified atom stereocenters. The van der Waals surface area contributed by atoms with Gasteiger partial charge in [0.1, 0.15) is 11.6 Å². The van der Waals surface area contributed by atoms with Gasteiger partial charge >= 0.3 is 6.18 Å². The average Bonchev–Trinajstić information content (AvgIpc) is 2.70. The van der Waals surface area contributed by atoms with Crippen molar-refractivity contribution in [3.8, 4) is 5.75 Å². The van der Waals surface area contributed by atoms with Gasteiger partial charge in [-0.1, -0.05) is 44.4 Å². The normalized spacial score (nSPS) is 21.2. The first-order chi connectivity index (χ1) is 13.4. The summed E-state index contributed by atoms with van der Waals surface area (Å²) in [5, 5.41) is 0. The zero-order valence-corrected chi connectivity index (χ0v) is 16.2. The maximum Gasteiger partial charge on any atom is 0.421 e. The number of nitrogens with zero attached hydrogens (tertiary/aromatic N) is 2. The Balaban J connectivity index is 2.06. The van der Waals surface area contributed by atoms with Crippen molar-refractivity contribution in [1.29, 1.82) is 0 Å². The summed E-state index contributed by atoms with van der Waals surface area (Å²) in [6.45, 7) is 2.11. The molecule has 2 aliphatic heterocycles. The van der Waals surface area contributed by atoms with Crippen molar-refractivity contribution in [2.45, 2.75) is 50.7 Å². The molecule has 0 saturated heterocycles. The quantitative estimate of drug-likeness (QED) is 0.525. The van der Waals surface area contributed by atoms with Crippen molar-refractivity contribution in [2.75, 3.05) is 7.11 Å². The predicted molar refractivity (Wildman–Crippen MR) is 105 cm³/mol. The highest BCUT2D eigenvalue weighted by molar-refractivity contribution is 5.97. The molecule has 0 bridgehead atoms. The third-order valence-corrected chi connectivity index (χ3v) is 5.06. The van der Waals surface area contributed by atoms with E-state index in [1.54, 1.807) is 35.4 Å². The van der Waals surface area contributed by atoms with Crippen LogP contribution in [0.25, 0.3) is 0 Å². The van der Waals surface area contributed by atoms with Crippen LogP contribution in [0.2, 0.25) is 0 Å². The van der Waals surface area contributed by atoms with E-state index in [0.29, 0.717) is 23.7 Å². The number of amidine groups is 1. The topological polar surface area (TPSA) is 24.8 Å². The average molecular weight is 390 g/mol. The van der Waals surface area contributed by atoms with Crippen LogP contribution in [0.15, 0.2) is 65.5 Å². The first kappa shape index (κ1) is 20.2. The summed E-state index contributed by atoms with van der Waals surface area (Å²) in [4.78, 5) is 5.95. The molecule has 1 aromatic rings. The molecule has 28 heavy (non-hydrogen) atoms. The molecule has 0 N–H and O–H groups in total. The Morgan fingerprint density at radius 3 is 2.46 bits per heavy atom. The van der Waals surface area contributed by atoms with E-state index in [1.165, 1.54) is 25.3 Å². The van der Waals surface area contributed by atoms with Crippen LogP contribution in [0.3, 0.4) is 0 Å². The van der Waals surface area contributed by atoms with Gasteiger partial charge in [0.05, 0.1) is 7.11 Å². The highest BCUT2D eigenvalue weighted by atomic mass is 19.4. The maximum absolute atomic E-state index is 14.4. The van der Waals surface area contributed by atoms with Crippen molar-refractivity contribution >= 4 is 5.84 Å². The number of unbranched alkanes of at least 4 members (excludes halogenated alkanes) is 3. The minimum Gasteiger partial charge on any atom is -0.497 e. The van der Waals surface area contributed by atoms with Gasteiger partial charge in [-0.25, -0.2) is 4.99 Å². The SMILES string of the molecule is CCCCCCC1=CC(c2ccc(OC)cc2)(C(F)(F)F)N=C2C=CC=CN12. The molecule has 0 fully saturated rings. The van der Waals surface area contributed by atoms with Crippen molar-refractivity contribution in [2.24, 2.45) is 4.99 Å². The third kappa shape index (κ3) is 3.86. The van der Waals surface area contributed by atoms with Crippen molar-refractivity contribution in [3.05, 3.63) is 66.0 Å². The Kier molecular flexibility index (Phi) is 5.96. The van der Waals surface area contributed by atoms with Crippen LogP contribution in [-0.4, -0.2) is 24.0 Å². The lowest BCUT2D eigenvalue weighted by Crippen LogP contribution is -2.45. The Morgan fingerprint density at radius 1 is 1.07 bits per heavy atom.